The van der Waals surface area contributed by atoms with Crippen LogP contribution in [0.4, 0.5) is 0 Å². The highest BCUT2D eigenvalue weighted by molar-refractivity contribution is 7.09. The molecule has 0 saturated heterocycles. The first-order valence-electron chi connectivity index (χ1n) is 16.8. The maximum absolute atomic E-state index is 11.1. The average molecular weight is 804 g/mol. The lowest BCUT2D eigenvalue weighted by Gasteiger charge is -2.09. The van der Waals surface area contributed by atoms with E-state index in [1.165, 1.54) is 10.4 Å². The standard InChI is InChI=1S/C21H19Cl2N3O2.C19H18ClN3O2S/c22-17-3-1-2-14(10-17)8-9-25-12-15-11-19(23)21(26-13-15)28-18-6-4-16(5-7-18)20(24)27;20-17-10-13(11-22-8-7-16-2-1-9-26-16)12-23-19(17)25-15-5-3-14(4-6-15)18(21)24/h1-7,10-11,13,25H,8-9,12H2,(H2,24,27);1-6,9-10,12,22H,7-8,11H2,(H2,21,24). The molecule has 54 heavy (non-hydrogen) atoms. The van der Waals surface area contributed by atoms with Crippen LogP contribution in [0.5, 0.6) is 23.3 Å². The minimum atomic E-state index is -0.491. The third kappa shape index (κ3) is 12.8. The number of ether oxygens (including phenoxy) is 2. The molecule has 10 nitrogen and oxygen atoms in total. The van der Waals surface area contributed by atoms with E-state index in [0.717, 1.165) is 42.1 Å². The van der Waals surface area contributed by atoms with Crippen molar-refractivity contribution >= 4 is 58.0 Å². The summed E-state index contributed by atoms with van der Waals surface area (Å²) in [6, 6.07) is 28.6. The first-order valence-corrected chi connectivity index (χ1v) is 18.8. The number of primary amides is 2. The van der Waals surface area contributed by atoms with Crippen molar-refractivity contribution in [1.82, 2.24) is 20.6 Å². The summed E-state index contributed by atoms with van der Waals surface area (Å²) in [5.74, 6) is 0.702. The molecule has 6 aromatic rings. The second-order valence-corrected chi connectivity index (χ2v) is 14.1. The van der Waals surface area contributed by atoms with E-state index in [2.05, 4.69) is 38.1 Å². The van der Waals surface area contributed by atoms with E-state index < -0.39 is 11.8 Å². The van der Waals surface area contributed by atoms with Gasteiger partial charge in [-0.15, -0.1) is 11.3 Å². The van der Waals surface area contributed by atoms with Crippen LogP contribution in [0.2, 0.25) is 15.1 Å². The zero-order valence-corrected chi connectivity index (χ0v) is 32.0. The van der Waals surface area contributed by atoms with Gasteiger partial charge in [-0.3, -0.25) is 9.59 Å². The van der Waals surface area contributed by atoms with E-state index in [-0.39, 0.29) is 0 Å². The first kappa shape index (κ1) is 40.2. The molecule has 0 spiro atoms. The van der Waals surface area contributed by atoms with Crippen molar-refractivity contribution in [2.24, 2.45) is 11.5 Å². The van der Waals surface area contributed by atoms with Crippen LogP contribution in [-0.4, -0.2) is 34.9 Å². The number of hydrogen-bond acceptors (Lipinski definition) is 9. The normalized spacial score (nSPS) is 10.6. The first-order chi connectivity index (χ1) is 26.1. The van der Waals surface area contributed by atoms with Gasteiger partial charge in [-0.05, 0) is 120 Å². The van der Waals surface area contributed by atoms with Crippen LogP contribution in [0.25, 0.3) is 0 Å². The van der Waals surface area contributed by atoms with Gasteiger partial charge in [0, 0.05) is 53.1 Å². The molecule has 3 heterocycles. The van der Waals surface area contributed by atoms with Crippen LogP contribution >= 0.6 is 46.1 Å². The lowest BCUT2D eigenvalue weighted by atomic mass is 10.1. The SMILES string of the molecule is NC(=O)c1ccc(Oc2ncc(CNCCc3cccc(Cl)c3)cc2Cl)cc1.NC(=O)c1ccc(Oc2ncc(CNCCc3cccs3)cc2Cl)cc1. The Morgan fingerprint density at radius 1 is 0.630 bits per heavy atom. The Morgan fingerprint density at radius 3 is 1.59 bits per heavy atom. The van der Waals surface area contributed by atoms with Crippen LogP contribution in [0, 0.1) is 0 Å². The predicted octanol–water partition coefficient (Wildman–Crippen LogP) is 8.63. The van der Waals surface area contributed by atoms with Crippen LogP contribution in [0.15, 0.2) is 115 Å². The van der Waals surface area contributed by atoms with Crippen LogP contribution in [-0.2, 0) is 25.9 Å². The van der Waals surface area contributed by atoms with E-state index in [9.17, 15) is 9.59 Å². The largest absolute Gasteiger partial charge is 0.438 e. The molecule has 0 fully saturated rings. The van der Waals surface area contributed by atoms with Crippen molar-refractivity contribution < 1.29 is 19.1 Å². The van der Waals surface area contributed by atoms with Gasteiger partial charge in [-0.1, -0.05) is 53.0 Å². The van der Waals surface area contributed by atoms with Crippen molar-refractivity contribution in [3.63, 3.8) is 0 Å². The molecule has 3 aromatic carbocycles. The van der Waals surface area contributed by atoms with Gasteiger partial charge in [0.25, 0.3) is 0 Å². The van der Waals surface area contributed by atoms with E-state index >= 15 is 0 Å². The van der Waals surface area contributed by atoms with E-state index in [4.69, 9.17) is 55.7 Å². The fourth-order valence-electron chi connectivity index (χ4n) is 4.93. The molecule has 0 saturated carbocycles. The Balaban J connectivity index is 0.000000208. The van der Waals surface area contributed by atoms with Crippen molar-refractivity contribution in [3.8, 4) is 23.3 Å². The molecule has 278 valence electrons. The number of thiophene rings is 1. The maximum Gasteiger partial charge on any atom is 0.248 e. The summed E-state index contributed by atoms with van der Waals surface area (Å²) in [5.41, 5.74) is 14.4. The molecule has 3 aromatic heterocycles. The van der Waals surface area contributed by atoms with Crippen molar-refractivity contribution in [2.75, 3.05) is 13.1 Å². The number of aromatic nitrogens is 2. The van der Waals surface area contributed by atoms with Gasteiger partial charge in [0.1, 0.15) is 21.5 Å². The highest BCUT2D eigenvalue weighted by Crippen LogP contribution is 2.29. The van der Waals surface area contributed by atoms with Crippen LogP contribution < -0.4 is 31.6 Å². The molecule has 0 unspecified atom stereocenters. The number of nitrogens with two attached hydrogens (primary N) is 2. The van der Waals surface area contributed by atoms with Gasteiger partial charge < -0.3 is 31.6 Å². The molecule has 6 rings (SSSR count). The van der Waals surface area contributed by atoms with E-state index in [1.807, 2.05) is 36.4 Å². The number of pyridine rings is 2. The van der Waals surface area contributed by atoms with Crippen molar-refractivity contribution in [1.29, 1.82) is 0 Å². The average Bonchev–Trinajstić information content (AvgIpc) is 3.69. The zero-order chi connectivity index (χ0) is 38.3. The summed E-state index contributed by atoms with van der Waals surface area (Å²) in [6.07, 6.45) is 5.33. The molecule has 6 N–H and O–H groups in total. The minimum absolute atomic E-state index is 0.302. The molecule has 0 atom stereocenters. The Hall–Kier alpha value is -5.01. The number of nitrogens with zero attached hydrogens (tertiary/aromatic N) is 2. The second-order valence-electron chi connectivity index (χ2n) is 11.8. The fourth-order valence-corrected chi connectivity index (χ4v) is 6.31. The lowest BCUT2D eigenvalue weighted by molar-refractivity contribution is 0.0992. The van der Waals surface area contributed by atoms with Gasteiger partial charge in [0.2, 0.25) is 23.6 Å². The number of carbonyl (C=O) groups excluding carboxylic acids is 2. The predicted molar refractivity (Wildman–Crippen MR) is 215 cm³/mol. The lowest BCUT2D eigenvalue weighted by Crippen LogP contribution is -2.16. The van der Waals surface area contributed by atoms with Gasteiger partial charge in [-0.2, -0.15) is 0 Å². The maximum atomic E-state index is 11.1. The summed E-state index contributed by atoms with van der Waals surface area (Å²) in [7, 11) is 0. The molecule has 0 radical (unpaired) electrons. The summed E-state index contributed by atoms with van der Waals surface area (Å²) >= 11 is 20.3. The second kappa shape index (κ2) is 20.4. The van der Waals surface area contributed by atoms with Gasteiger partial charge in [0.05, 0.1) is 0 Å². The summed E-state index contributed by atoms with van der Waals surface area (Å²) in [5, 5.41) is 10.4. The molecule has 2 amide bonds. The Bertz CT molecular complexity index is 2140. The third-order valence-electron chi connectivity index (χ3n) is 7.70. The molecular formula is C40H37Cl3N6O4S. The van der Waals surface area contributed by atoms with Gasteiger partial charge >= 0.3 is 0 Å². The quantitative estimate of drug-likeness (QED) is 0.0710. The molecular weight excluding hydrogens is 767 g/mol. The van der Waals surface area contributed by atoms with Crippen molar-refractivity contribution in [3.05, 3.63) is 163 Å². The number of nitrogens with one attached hydrogen (secondary N) is 2. The molecule has 0 aliphatic rings. The Kier molecular flexibility index (Phi) is 15.2. The van der Waals surface area contributed by atoms with E-state index in [1.54, 1.807) is 72.3 Å². The number of hydrogen-bond donors (Lipinski definition) is 4. The monoisotopic (exact) mass is 802 g/mol. The zero-order valence-electron chi connectivity index (χ0n) is 28.9. The number of carbonyl (C=O) groups is 2. The van der Waals surface area contributed by atoms with E-state index in [0.29, 0.717) is 57.5 Å². The van der Waals surface area contributed by atoms with Gasteiger partial charge in [-0.25, -0.2) is 9.97 Å². The summed E-state index contributed by atoms with van der Waals surface area (Å²) in [4.78, 5) is 32.1. The molecule has 0 bridgehead atoms. The van der Waals surface area contributed by atoms with Crippen LogP contribution in [0.1, 0.15) is 42.3 Å². The third-order valence-corrected chi connectivity index (χ3v) is 9.41. The molecule has 0 aliphatic heterocycles. The highest BCUT2D eigenvalue weighted by Gasteiger charge is 2.10. The topological polar surface area (TPSA) is 154 Å². The number of halogens is 3. The highest BCUT2D eigenvalue weighted by atomic mass is 35.5. The molecule has 14 heteroatoms. The van der Waals surface area contributed by atoms with Gasteiger partial charge in [0.15, 0.2) is 0 Å². The number of rotatable bonds is 16. The Labute approximate surface area is 332 Å². The number of amides is 2. The molecule has 0 aliphatic carbocycles. The fraction of sp³-hybridized carbons (Fsp3) is 0.150. The minimum Gasteiger partial charge on any atom is -0.438 e. The Morgan fingerprint density at radius 2 is 1.15 bits per heavy atom. The number of benzene rings is 3. The smallest absolute Gasteiger partial charge is 0.248 e. The summed E-state index contributed by atoms with van der Waals surface area (Å²) < 4.78 is 11.3. The van der Waals surface area contributed by atoms with Crippen LogP contribution in [0.3, 0.4) is 0 Å². The van der Waals surface area contributed by atoms with Crippen molar-refractivity contribution in [2.45, 2.75) is 25.9 Å². The summed E-state index contributed by atoms with van der Waals surface area (Å²) in [6.45, 7) is 3.03.